The number of benzene rings is 2. The molecule has 0 unspecified atom stereocenters. The number of aromatic nitrogens is 1. The highest BCUT2D eigenvalue weighted by Gasteiger charge is 2.20. The van der Waals surface area contributed by atoms with Crippen LogP contribution in [0.4, 0.5) is 26.0 Å². The number of hydrogen-bond donors (Lipinski definition) is 4. The van der Waals surface area contributed by atoms with Gasteiger partial charge in [-0.25, -0.2) is 8.78 Å². The van der Waals surface area contributed by atoms with Crippen LogP contribution in [-0.2, 0) is 23.7 Å². The Morgan fingerprint density at radius 2 is 1.80 bits per heavy atom. The fourth-order valence-electron chi connectivity index (χ4n) is 3.49. The number of hydrogen-bond acceptors (Lipinski definition) is 5. The van der Waals surface area contributed by atoms with Crippen molar-refractivity contribution in [2.24, 2.45) is 12.8 Å². The van der Waals surface area contributed by atoms with Crippen molar-refractivity contribution in [3.05, 3.63) is 86.7 Å². The van der Waals surface area contributed by atoms with E-state index in [1.165, 1.54) is 43.4 Å². The number of anilines is 3. The third kappa shape index (κ3) is 5.84. The molecule has 0 saturated heterocycles. The first-order valence-electron chi connectivity index (χ1n) is 10.5. The molecular weight excluding hydrogens is 480 g/mol. The van der Waals surface area contributed by atoms with E-state index in [0.29, 0.717) is 5.56 Å². The molecule has 9 nitrogen and oxygen atoms in total. The van der Waals surface area contributed by atoms with Gasteiger partial charge in [-0.2, -0.15) is 13.1 Å². The minimum Gasteiger partial charge on any atom is -0.365 e. The molecule has 0 atom stereocenters. The van der Waals surface area contributed by atoms with E-state index in [9.17, 15) is 22.4 Å². The Labute approximate surface area is 201 Å². The molecule has 0 radical (unpaired) electrons. The van der Waals surface area contributed by atoms with Gasteiger partial charge >= 0.3 is 0 Å². The Bertz CT molecular complexity index is 1450. The smallest absolute Gasteiger partial charge is 0.299 e. The fourth-order valence-corrected chi connectivity index (χ4v) is 4.39. The second-order valence-corrected chi connectivity index (χ2v) is 9.33. The van der Waals surface area contributed by atoms with Gasteiger partial charge in [0.25, 0.3) is 21.7 Å². The summed E-state index contributed by atoms with van der Waals surface area (Å²) >= 11 is 0. The zero-order valence-electron chi connectivity index (χ0n) is 19.3. The molecule has 1 heterocycles. The quantitative estimate of drug-likeness (QED) is 0.355. The second-order valence-electron chi connectivity index (χ2n) is 7.83. The van der Waals surface area contributed by atoms with Crippen molar-refractivity contribution in [1.29, 1.82) is 0 Å². The predicted molar refractivity (Wildman–Crippen MR) is 130 cm³/mol. The Kier molecular flexibility index (Phi) is 7.56. The van der Waals surface area contributed by atoms with Crippen LogP contribution in [0.25, 0.3) is 0 Å². The lowest BCUT2D eigenvalue weighted by Gasteiger charge is -2.17. The maximum Gasteiger partial charge on any atom is 0.299 e. The third-order valence-corrected chi connectivity index (χ3v) is 6.33. The van der Waals surface area contributed by atoms with Gasteiger partial charge in [0.2, 0.25) is 0 Å². The summed E-state index contributed by atoms with van der Waals surface area (Å²) in [7, 11) is -2.61. The maximum atomic E-state index is 15.1. The number of amides is 1. The Morgan fingerprint density at radius 3 is 2.43 bits per heavy atom. The van der Waals surface area contributed by atoms with Crippen LogP contribution < -0.4 is 26.1 Å². The van der Waals surface area contributed by atoms with Gasteiger partial charge in [-0.15, -0.1) is 0 Å². The zero-order chi connectivity index (χ0) is 25.9. The van der Waals surface area contributed by atoms with Crippen molar-refractivity contribution in [3.8, 4) is 0 Å². The number of halogens is 2. The van der Waals surface area contributed by atoms with Gasteiger partial charge in [-0.05, 0) is 42.3 Å². The molecule has 0 spiro atoms. The molecule has 186 valence electrons. The van der Waals surface area contributed by atoms with Crippen LogP contribution >= 0.6 is 0 Å². The molecule has 0 aliphatic carbocycles. The molecule has 1 amide bonds. The lowest BCUT2D eigenvalue weighted by atomic mass is 10.0. The highest BCUT2D eigenvalue weighted by Crippen LogP contribution is 2.25. The summed E-state index contributed by atoms with van der Waals surface area (Å²) in [6, 6.07) is 9.68. The SMILES string of the molecule is CCNS(=O)(=O)Nc1cccc(Cc2cc(C(N)=O)c(Nc3ccc(C)cc3F)n(C)c2=O)c1F. The van der Waals surface area contributed by atoms with Gasteiger partial charge in [0.05, 0.1) is 16.9 Å². The topological polar surface area (TPSA) is 135 Å². The third-order valence-electron chi connectivity index (χ3n) is 5.17. The van der Waals surface area contributed by atoms with E-state index in [2.05, 4.69) is 14.8 Å². The summed E-state index contributed by atoms with van der Waals surface area (Å²) in [5, 5.41) is 2.74. The van der Waals surface area contributed by atoms with Crippen LogP contribution in [0.1, 0.15) is 34.0 Å². The molecule has 12 heteroatoms. The normalized spacial score (nSPS) is 11.3. The number of nitrogens with zero attached hydrogens (tertiary/aromatic N) is 1. The highest BCUT2D eigenvalue weighted by molar-refractivity contribution is 7.90. The van der Waals surface area contributed by atoms with E-state index < -0.39 is 33.3 Å². The number of primary amides is 1. The monoisotopic (exact) mass is 505 g/mol. The first-order chi connectivity index (χ1) is 16.4. The van der Waals surface area contributed by atoms with E-state index >= 15 is 4.39 Å². The van der Waals surface area contributed by atoms with E-state index in [0.717, 1.165) is 4.57 Å². The van der Waals surface area contributed by atoms with E-state index in [1.54, 1.807) is 19.9 Å². The number of carbonyl (C=O) groups excluding carboxylic acids is 1. The van der Waals surface area contributed by atoms with Gasteiger partial charge in [-0.3, -0.25) is 18.9 Å². The summed E-state index contributed by atoms with van der Waals surface area (Å²) < 4.78 is 58.7. The Hall–Kier alpha value is -3.77. The molecule has 1 aromatic heterocycles. The predicted octanol–water partition coefficient (Wildman–Crippen LogP) is 2.67. The molecule has 0 aliphatic rings. The van der Waals surface area contributed by atoms with Crippen LogP contribution in [0.3, 0.4) is 0 Å². The van der Waals surface area contributed by atoms with E-state index in [4.69, 9.17) is 5.73 Å². The minimum absolute atomic E-state index is 0.0134. The number of rotatable bonds is 9. The molecular formula is C23H25F2N5O4S. The summed E-state index contributed by atoms with van der Waals surface area (Å²) in [5.41, 5.74) is 5.29. The van der Waals surface area contributed by atoms with Crippen molar-refractivity contribution in [2.45, 2.75) is 20.3 Å². The van der Waals surface area contributed by atoms with Crippen LogP contribution in [0, 0.1) is 18.6 Å². The number of carbonyl (C=O) groups is 1. The molecule has 2 aromatic carbocycles. The van der Waals surface area contributed by atoms with Gasteiger partial charge < -0.3 is 11.1 Å². The van der Waals surface area contributed by atoms with Crippen molar-refractivity contribution in [2.75, 3.05) is 16.6 Å². The van der Waals surface area contributed by atoms with E-state index in [-0.39, 0.29) is 46.8 Å². The lowest BCUT2D eigenvalue weighted by Crippen LogP contribution is -2.30. The molecule has 0 aliphatic heterocycles. The van der Waals surface area contributed by atoms with Crippen molar-refractivity contribution < 1.29 is 22.0 Å². The average molecular weight is 506 g/mol. The Morgan fingerprint density at radius 1 is 1.09 bits per heavy atom. The standard InChI is InChI=1S/C23H25F2N5O4S/c1-4-27-35(33,34)29-19-7-5-6-14(20(19)25)11-15-12-16(21(26)31)22(30(3)23(15)32)28-18-9-8-13(2)10-17(18)24/h5-10,12,27-29H,4,11H2,1-3H3,(H2,26,31). The maximum absolute atomic E-state index is 15.1. The van der Waals surface area contributed by atoms with Gasteiger partial charge in [0.1, 0.15) is 11.6 Å². The highest BCUT2D eigenvalue weighted by atomic mass is 32.2. The Balaban J connectivity index is 2.02. The van der Waals surface area contributed by atoms with E-state index in [1.807, 2.05) is 0 Å². The van der Waals surface area contributed by atoms with Crippen molar-refractivity contribution in [3.63, 3.8) is 0 Å². The average Bonchev–Trinajstić information content (AvgIpc) is 2.77. The molecule has 3 rings (SSSR count). The fraction of sp³-hybridized carbons (Fsp3) is 0.217. The summed E-state index contributed by atoms with van der Waals surface area (Å²) in [5.74, 6) is -2.37. The molecule has 0 saturated carbocycles. The molecule has 3 aromatic rings. The second kappa shape index (κ2) is 10.2. The number of pyridine rings is 1. The first kappa shape index (κ1) is 25.8. The molecule has 35 heavy (non-hydrogen) atoms. The summed E-state index contributed by atoms with van der Waals surface area (Å²) in [6.07, 6.45) is -0.255. The first-order valence-corrected chi connectivity index (χ1v) is 12.0. The molecule has 0 fully saturated rings. The van der Waals surface area contributed by atoms with Crippen LogP contribution in [0.2, 0.25) is 0 Å². The summed E-state index contributed by atoms with van der Waals surface area (Å²) in [4.78, 5) is 25.2. The lowest BCUT2D eigenvalue weighted by molar-refractivity contribution is 0.100. The molecule has 5 N–H and O–H groups in total. The zero-order valence-corrected chi connectivity index (χ0v) is 20.1. The summed E-state index contributed by atoms with van der Waals surface area (Å²) in [6.45, 7) is 3.39. The van der Waals surface area contributed by atoms with Crippen LogP contribution in [0.15, 0.2) is 47.3 Å². The van der Waals surface area contributed by atoms with Crippen LogP contribution in [-0.4, -0.2) is 25.4 Å². The van der Waals surface area contributed by atoms with Crippen LogP contribution in [0.5, 0.6) is 0 Å². The van der Waals surface area contributed by atoms with Gasteiger partial charge in [-0.1, -0.05) is 25.1 Å². The van der Waals surface area contributed by atoms with Crippen molar-refractivity contribution in [1.82, 2.24) is 9.29 Å². The van der Waals surface area contributed by atoms with Gasteiger partial charge in [0.15, 0.2) is 5.82 Å². The molecule has 0 bridgehead atoms. The number of nitrogens with two attached hydrogens (primary N) is 1. The largest absolute Gasteiger partial charge is 0.365 e. The minimum atomic E-state index is -3.98. The number of aryl methyl sites for hydroxylation is 1. The van der Waals surface area contributed by atoms with Gasteiger partial charge in [0, 0.05) is 25.6 Å². The van der Waals surface area contributed by atoms with Crippen molar-refractivity contribution >= 4 is 33.3 Å². The number of nitrogens with one attached hydrogen (secondary N) is 3.